The number of ether oxygens (including phenoxy) is 2. The second kappa shape index (κ2) is 6.37. The quantitative estimate of drug-likeness (QED) is 0.765. The summed E-state index contributed by atoms with van der Waals surface area (Å²) in [7, 11) is 3.36. The number of hydrogen-bond donors (Lipinski definition) is 0. The smallest absolute Gasteiger partial charge is 0.124 e. The van der Waals surface area contributed by atoms with E-state index in [1.807, 2.05) is 0 Å². The maximum absolute atomic E-state index is 5.99. The molecule has 0 bridgehead atoms. The number of aromatic nitrogens is 2. The van der Waals surface area contributed by atoms with Crippen molar-refractivity contribution in [3.63, 3.8) is 0 Å². The van der Waals surface area contributed by atoms with Crippen molar-refractivity contribution >= 4 is 22.6 Å². The molecule has 0 radical (unpaired) electrons. The molecule has 0 N–H and O–H groups in total. The summed E-state index contributed by atoms with van der Waals surface area (Å²) >= 11 is 5.99. The van der Waals surface area contributed by atoms with Crippen molar-refractivity contribution in [2.24, 2.45) is 0 Å². The van der Waals surface area contributed by atoms with E-state index in [0.717, 1.165) is 16.9 Å². The number of aryl methyl sites for hydroxylation is 1. The molecule has 1 heterocycles. The minimum Gasteiger partial charge on any atom is -0.382 e. The summed E-state index contributed by atoms with van der Waals surface area (Å²) in [5.41, 5.74) is 3.25. The van der Waals surface area contributed by atoms with Gasteiger partial charge >= 0.3 is 0 Å². The van der Waals surface area contributed by atoms with Gasteiger partial charge in [-0.15, -0.1) is 11.6 Å². The molecule has 4 nitrogen and oxygen atoms in total. The van der Waals surface area contributed by atoms with Crippen LogP contribution in [-0.2, 0) is 21.9 Å². The second-order valence-corrected chi connectivity index (χ2v) is 4.84. The minimum atomic E-state index is -0.00864. The van der Waals surface area contributed by atoms with Crippen molar-refractivity contribution in [3.8, 4) is 0 Å². The van der Waals surface area contributed by atoms with E-state index in [1.165, 1.54) is 5.56 Å². The minimum absolute atomic E-state index is 0.00864. The van der Waals surface area contributed by atoms with Crippen molar-refractivity contribution < 1.29 is 9.47 Å². The summed E-state index contributed by atoms with van der Waals surface area (Å²) in [4.78, 5) is 4.57. The number of halogens is 1. The van der Waals surface area contributed by atoms with Gasteiger partial charge in [0, 0.05) is 14.2 Å². The molecule has 1 atom stereocenters. The summed E-state index contributed by atoms with van der Waals surface area (Å²) in [5, 5.41) is 0. The van der Waals surface area contributed by atoms with Gasteiger partial charge in [-0.1, -0.05) is 6.07 Å². The lowest BCUT2D eigenvalue weighted by Crippen LogP contribution is -2.24. The number of alkyl halides is 1. The average Bonchev–Trinajstić information content (AvgIpc) is 2.75. The average molecular weight is 283 g/mol. The predicted molar refractivity (Wildman–Crippen MR) is 76.7 cm³/mol. The van der Waals surface area contributed by atoms with Gasteiger partial charge in [-0.2, -0.15) is 0 Å². The largest absolute Gasteiger partial charge is 0.382 e. The number of nitrogens with zero attached hydrogens (tertiary/aromatic N) is 2. The lowest BCUT2D eigenvalue weighted by atomic mass is 10.2. The van der Waals surface area contributed by atoms with Crippen LogP contribution in [0, 0.1) is 6.92 Å². The van der Waals surface area contributed by atoms with E-state index in [-0.39, 0.29) is 6.10 Å². The first-order valence-electron chi connectivity index (χ1n) is 6.23. The molecule has 2 aromatic rings. The molecule has 2 rings (SSSR count). The first-order chi connectivity index (χ1) is 9.19. The molecule has 0 aliphatic heterocycles. The SMILES string of the molecule is COCC(Cn1c(CCl)nc2cc(C)ccc21)OC. The highest BCUT2D eigenvalue weighted by Gasteiger charge is 2.15. The third kappa shape index (κ3) is 3.08. The van der Waals surface area contributed by atoms with Crippen molar-refractivity contribution in [1.82, 2.24) is 9.55 Å². The van der Waals surface area contributed by atoms with Gasteiger partial charge in [-0.05, 0) is 24.6 Å². The monoisotopic (exact) mass is 282 g/mol. The highest BCUT2D eigenvalue weighted by atomic mass is 35.5. The molecular formula is C14H19ClN2O2. The third-order valence-electron chi connectivity index (χ3n) is 3.17. The normalized spacial score (nSPS) is 13.1. The molecule has 0 aliphatic carbocycles. The van der Waals surface area contributed by atoms with Gasteiger partial charge in [0.15, 0.2) is 0 Å². The van der Waals surface area contributed by atoms with Gasteiger partial charge in [0.05, 0.1) is 36.2 Å². The van der Waals surface area contributed by atoms with E-state index in [4.69, 9.17) is 21.1 Å². The zero-order chi connectivity index (χ0) is 13.8. The highest BCUT2D eigenvalue weighted by molar-refractivity contribution is 6.16. The summed E-state index contributed by atoms with van der Waals surface area (Å²) in [6, 6.07) is 6.23. The van der Waals surface area contributed by atoms with E-state index in [9.17, 15) is 0 Å². The Kier molecular flexibility index (Phi) is 4.80. The number of fused-ring (bicyclic) bond motifs is 1. The summed E-state index contributed by atoms with van der Waals surface area (Å²) in [6.07, 6.45) is -0.00864. The first-order valence-corrected chi connectivity index (χ1v) is 6.76. The maximum atomic E-state index is 5.99. The van der Waals surface area contributed by atoms with Crippen LogP contribution in [0.15, 0.2) is 18.2 Å². The zero-order valence-corrected chi connectivity index (χ0v) is 12.3. The highest BCUT2D eigenvalue weighted by Crippen LogP contribution is 2.20. The molecule has 1 aromatic carbocycles. The van der Waals surface area contributed by atoms with Crippen LogP contribution in [-0.4, -0.2) is 36.5 Å². The van der Waals surface area contributed by atoms with Gasteiger partial charge in [0.25, 0.3) is 0 Å². The number of benzene rings is 1. The van der Waals surface area contributed by atoms with E-state index < -0.39 is 0 Å². The molecule has 0 saturated heterocycles. The van der Waals surface area contributed by atoms with Crippen LogP contribution in [0.3, 0.4) is 0 Å². The number of hydrogen-bond acceptors (Lipinski definition) is 3. The topological polar surface area (TPSA) is 36.3 Å². The van der Waals surface area contributed by atoms with Crippen LogP contribution in [0.2, 0.25) is 0 Å². The van der Waals surface area contributed by atoms with Crippen LogP contribution < -0.4 is 0 Å². The lowest BCUT2D eigenvalue weighted by molar-refractivity contribution is 0.0186. The molecule has 104 valence electrons. The molecular weight excluding hydrogens is 264 g/mol. The van der Waals surface area contributed by atoms with Gasteiger partial charge in [-0.3, -0.25) is 0 Å². The molecule has 19 heavy (non-hydrogen) atoms. The fraction of sp³-hybridized carbons (Fsp3) is 0.500. The van der Waals surface area contributed by atoms with Crippen LogP contribution in [0.25, 0.3) is 11.0 Å². The molecule has 1 aromatic heterocycles. The Balaban J connectivity index is 2.39. The zero-order valence-electron chi connectivity index (χ0n) is 11.5. The standard InChI is InChI=1S/C14H19ClN2O2/c1-10-4-5-13-12(6-10)16-14(7-15)17(13)8-11(19-3)9-18-2/h4-6,11H,7-9H2,1-3H3. The molecule has 0 aliphatic rings. The van der Waals surface area contributed by atoms with E-state index in [1.54, 1.807) is 14.2 Å². The van der Waals surface area contributed by atoms with Crippen LogP contribution >= 0.6 is 11.6 Å². The molecule has 5 heteroatoms. The van der Waals surface area contributed by atoms with E-state index in [2.05, 4.69) is 34.7 Å². The molecule has 0 saturated carbocycles. The van der Waals surface area contributed by atoms with Crippen molar-refractivity contribution in [2.75, 3.05) is 20.8 Å². The number of imidazole rings is 1. The van der Waals surface area contributed by atoms with Crippen LogP contribution in [0.4, 0.5) is 0 Å². The first kappa shape index (κ1) is 14.3. The summed E-state index contributed by atoms with van der Waals surface area (Å²) < 4.78 is 12.7. The predicted octanol–water partition coefficient (Wildman–Crippen LogP) is 2.74. The van der Waals surface area contributed by atoms with Crippen molar-refractivity contribution in [1.29, 1.82) is 0 Å². The van der Waals surface area contributed by atoms with Crippen LogP contribution in [0.1, 0.15) is 11.4 Å². The molecule has 0 spiro atoms. The maximum Gasteiger partial charge on any atom is 0.124 e. The van der Waals surface area contributed by atoms with Crippen LogP contribution in [0.5, 0.6) is 0 Å². The number of rotatable bonds is 6. The summed E-state index contributed by atoms with van der Waals surface area (Å²) in [5.74, 6) is 1.25. The Morgan fingerprint density at radius 3 is 2.79 bits per heavy atom. The summed E-state index contributed by atoms with van der Waals surface area (Å²) in [6.45, 7) is 3.29. The molecule has 1 unspecified atom stereocenters. The lowest BCUT2D eigenvalue weighted by Gasteiger charge is -2.17. The Hall–Kier alpha value is -1.10. The Bertz CT molecular complexity index is 554. The van der Waals surface area contributed by atoms with Crippen molar-refractivity contribution in [3.05, 3.63) is 29.6 Å². The Morgan fingerprint density at radius 1 is 1.37 bits per heavy atom. The van der Waals surface area contributed by atoms with Gasteiger partial charge in [0.1, 0.15) is 5.82 Å². The van der Waals surface area contributed by atoms with E-state index >= 15 is 0 Å². The molecule has 0 fully saturated rings. The van der Waals surface area contributed by atoms with E-state index in [0.29, 0.717) is 19.0 Å². The number of methoxy groups -OCH3 is 2. The Labute approximate surface area is 118 Å². The fourth-order valence-corrected chi connectivity index (χ4v) is 2.38. The third-order valence-corrected chi connectivity index (χ3v) is 3.41. The fourth-order valence-electron chi connectivity index (χ4n) is 2.18. The second-order valence-electron chi connectivity index (χ2n) is 4.58. The van der Waals surface area contributed by atoms with Crippen molar-refractivity contribution in [2.45, 2.75) is 25.5 Å². The van der Waals surface area contributed by atoms with Gasteiger partial charge in [-0.25, -0.2) is 4.98 Å². The molecule has 0 amide bonds. The van der Waals surface area contributed by atoms with Gasteiger partial charge < -0.3 is 14.0 Å². The van der Waals surface area contributed by atoms with Gasteiger partial charge in [0.2, 0.25) is 0 Å². The Morgan fingerprint density at radius 2 is 2.16 bits per heavy atom.